The topological polar surface area (TPSA) is 18.5 Å². The lowest BCUT2D eigenvalue weighted by Crippen LogP contribution is -2.41. The van der Waals surface area contributed by atoms with Crippen LogP contribution in [-0.4, -0.2) is 24.7 Å². The highest BCUT2D eigenvalue weighted by molar-refractivity contribution is 6.62. The molecule has 0 atom stereocenters. The monoisotopic (exact) mass is 282 g/mol. The van der Waals surface area contributed by atoms with Gasteiger partial charge in [-0.1, -0.05) is 18.2 Å². The molecule has 5 heteroatoms. The second-order valence-corrected chi connectivity index (χ2v) is 6.33. The molecule has 2 nitrogen and oxygen atoms in total. The van der Waals surface area contributed by atoms with Crippen LogP contribution in [0.1, 0.15) is 38.8 Å². The fraction of sp³-hybridized carbons (Fsp3) is 0.600. The first-order valence-corrected chi connectivity index (χ1v) is 6.86. The predicted octanol–water partition coefficient (Wildman–Crippen LogP) is 3.10. The Hall–Kier alpha value is -0.935. The summed E-state index contributed by atoms with van der Waals surface area (Å²) in [6, 6.07) is 5.50. The Morgan fingerprint density at radius 2 is 1.65 bits per heavy atom. The summed E-state index contributed by atoms with van der Waals surface area (Å²) in [6.45, 7) is 9.66. The van der Waals surface area contributed by atoms with E-state index in [1.807, 2.05) is 52.8 Å². The van der Waals surface area contributed by atoms with Crippen LogP contribution in [0.5, 0.6) is 0 Å². The highest BCUT2D eigenvalue weighted by Gasteiger charge is 2.52. The van der Waals surface area contributed by atoms with Crippen molar-refractivity contribution in [2.75, 3.05) is 0 Å². The van der Waals surface area contributed by atoms with E-state index in [-0.39, 0.29) is 6.42 Å². The zero-order valence-electron chi connectivity index (χ0n) is 12.7. The Kier molecular flexibility index (Phi) is 3.95. The predicted molar refractivity (Wildman–Crippen MR) is 76.6 cm³/mol. The zero-order chi connectivity index (χ0) is 15.1. The first kappa shape index (κ1) is 15.5. The summed E-state index contributed by atoms with van der Waals surface area (Å²) in [6.07, 6.45) is -2.65. The van der Waals surface area contributed by atoms with E-state index in [9.17, 15) is 8.78 Å². The number of aryl methyl sites for hydroxylation is 1. The molecule has 1 aromatic carbocycles. The van der Waals surface area contributed by atoms with Crippen LogP contribution in [0.2, 0.25) is 0 Å². The Labute approximate surface area is 119 Å². The molecule has 1 fully saturated rings. The molecule has 110 valence electrons. The average molecular weight is 282 g/mol. The third kappa shape index (κ3) is 2.74. The molecule has 0 radical (unpaired) electrons. The third-order valence-electron chi connectivity index (χ3n) is 4.31. The minimum absolute atomic E-state index is 0.272. The van der Waals surface area contributed by atoms with Gasteiger partial charge in [0.05, 0.1) is 11.2 Å². The number of benzene rings is 1. The molecular weight excluding hydrogens is 261 g/mol. The molecule has 0 spiro atoms. The minimum Gasteiger partial charge on any atom is -0.399 e. The van der Waals surface area contributed by atoms with E-state index in [0.717, 1.165) is 5.56 Å². The molecule has 0 aromatic heterocycles. The van der Waals surface area contributed by atoms with Gasteiger partial charge in [-0.3, -0.25) is 0 Å². The van der Waals surface area contributed by atoms with E-state index in [0.29, 0.717) is 11.0 Å². The van der Waals surface area contributed by atoms with Gasteiger partial charge in [0.25, 0.3) is 0 Å². The first-order valence-electron chi connectivity index (χ1n) is 6.86. The molecule has 1 aliphatic heterocycles. The molecule has 0 bridgehead atoms. The summed E-state index contributed by atoms with van der Waals surface area (Å²) in [7, 11) is -0.589. The molecule has 1 heterocycles. The van der Waals surface area contributed by atoms with Gasteiger partial charge in [0.1, 0.15) is 0 Å². The van der Waals surface area contributed by atoms with Crippen molar-refractivity contribution in [2.45, 2.75) is 58.7 Å². The van der Waals surface area contributed by atoms with Gasteiger partial charge in [-0.2, -0.15) is 0 Å². The normalized spacial score (nSPS) is 20.7. The van der Waals surface area contributed by atoms with Gasteiger partial charge >= 0.3 is 7.12 Å². The summed E-state index contributed by atoms with van der Waals surface area (Å²) < 4.78 is 37.5. The van der Waals surface area contributed by atoms with Crippen molar-refractivity contribution in [2.24, 2.45) is 0 Å². The third-order valence-corrected chi connectivity index (χ3v) is 4.31. The summed E-state index contributed by atoms with van der Waals surface area (Å²) in [4.78, 5) is 0. The number of hydrogen-bond acceptors (Lipinski definition) is 2. The van der Waals surface area contributed by atoms with Gasteiger partial charge in [-0.05, 0) is 51.2 Å². The Balaban J connectivity index is 2.37. The standard InChI is InChI=1S/C15H21BF2O2/c1-10-7-6-8-12(11(10)9-13(17)18)16-19-14(2,3)15(4,5)20-16/h6-8,13H,9H2,1-5H3. The lowest BCUT2D eigenvalue weighted by atomic mass is 9.74. The fourth-order valence-electron chi connectivity index (χ4n) is 2.35. The highest BCUT2D eigenvalue weighted by Crippen LogP contribution is 2.36. The first-order chi connectivity index (χ1) is 9.14. The summed E-state index contributed by atoms with van der Waals surface area (Å²) in [5, 5.41) is 0. The maximum absolute atomic E-state index is 12.8. The van der Waals surface area contributed by atoms with Gasteiger partial charge < -0.3 is 9.31 Å². The quantitative estimate of drug-likeness (QED) is 0.793. The molecular formula is C15H21BF2O2. The summed E-state index contributed by atoms with van der Waals surface area (Å²) in [5.74, 6) is 0. The van der Waals surface area contributed by atoms with Crippen LogP contribution in [0, 0.1) is 6.92 Å². The Bertz CT molecular complexity index is 485. The number of alkyl halides is 2. The Morgan fingerprint density at radius 3 is 2.15 bits per heavy atom. The van der Waals surface area contributed by atoms with Crippen molar-refractivity contribution >= 4 is 12.6 Å². The lowest BCUT2D eigenvalue weighted by Gasteiger charge is -2.32. The lowest BCUT2D eigenvalue weighted by molar-refractivity contribution is 0.00578. The van der Waals surface area contributed by atoms with Crippen LogP contribution in [0.3, 0.4) is 0 Å². The van der Waals surface area contributed by atoms with Crippen LogP contribution in [0.4, 0.5) is 8.78 Å². The zero-order valence-corrected chi connectivity index (χ0v) is 12.7. The summed E-state index contributed by atoms with van der Waals surface area (Å²) >= 11 is 0. The van der Waals surface area contributed by atoms with Crippen LogP contribution >= 0.6 is 0 Å². The molecule has 2 rings (SSSR count). The molecule has 0 saturated carbocycles. The van der Waals surface area contributed by atoms with Gasteiger partial charge in [0, 0.05) is 6.42 Å². The second kappa shape index (κ2) is 5.12. The number of hydrogen-bond donors (Lipinski definition) is 0. The van der Waals surface area contributed by atoms with E-state index in [4.69, 9.17) is 9.31 Å². The number of halogens is 2. The molecule has 1 aromatic rings. The molecule has 0 amide bonds. The van der Waals surface area contributed by atoms with Gasteiger partial charge in [0.2, 0.25) is 6.43 Å². The van der Waals surface area contributed by atoms with Crippen molar-refractivity contribution in [1.29, 1.82) is 0 Å². The molecule has 0 unspecified atom stereocenters. The van der Waals surface area contributed by atoms with Crippen molar-refractivity contribution in [3.8, 4) is 0 Å². The van der Waals surface area contributed by atoms with Crippen LogP contribution in [-0.2, 0) is 15.7 Å². The molecule has 20 heavy (non-hydrogen) atoms. The minimum atomic E-state index is -2.38. The van der Waals surface area contributed by atoms with Crippen LogP contribution < -0.4 is 5.46 Å². The van der Waals surface area contributed by atoms with Crippen molar-refractivity contribution < 1.29 is 18.1 Å². The van der Waals surface area contributed by atoms with Gasteiger partial charge in [-0.15, -0.1) is 0 Å². The van der Waals surface area contributed by atoms with Crippen LogP contribution in [0.15, 0.2) is 18.2 Å². The molecule has 0 aliphatic carbocycles. The molecule has 1 aliphatic rings. The smallest absolute Gasteiger partial charge is 0.399 e. The van der Waals surface area contributed by atoms with E-state index in [2.05, 4.69) is 0 Å². The van der Waals surface area contributed by atoms with E-state index in [1.54, 1.807) is 0 Å². The second-order valence-electron chi connectivity index (χ2n) is 6.33. The van der Waals surface area contributed by atoms with Gasteiger partial charge in [-0.25, -0.2) is 8.78 Å². The SMILES string of the molecule is Cc1cccc(B2OC(C)(C)C(C)(C)O2)c1CC(F)F. The van der Waals surface area contributed by atoms with Gasteiger partial charge in [0.15, 0.2) is 0 Å². The van der Waals surface area contributed by atoms with Crippen molar-refractivity contribution in [3.63, 3.8) is 0 Å². The Morgan fingerprint density at radius 1 is 1.10 bits per heavy atom. The van der Waals surface area contributed by atoms with Crippen molar-refractivity contribution in [3.05, 3.63) is 29.3 Å². The van der Waals surface area contributed by atoms with Crippen LogP contribution in [0.25, 0.3) is 0 Å². The fourth-order valence-corrected chi connectivity index (χ4v) is 2.35. The van der Waals surface area contributed by atoms with E-state index >= 15 is 0 Å². The number of rotatable bonds is 3. The molecule has 0 N–H and O–H groups in total. The average Bonchev–Trinajstić information content (AvgIpc) is 2.50. The molecule has 1 saturated heterocycles. The maximum atomic E-state index is 12.8. The maximum Gasteiger partial charge on any atom is 0.495 e. The van der Waals surface area contributed by atoms with E-state index < -0.39 is 24.7 Å². The largest absolute Gasteiger partial charge is 0.495 e. The summed E-state index contributed by atoms with van der Waals surface area (Å²) in [5.41, 5.74) is 1.25. The van der Waals surface area contributed by atoms with Crippen molar-refractivity contribution in [1.82, 2.24) is 0 Å². The highest BCUT2D eigenvalue weighted by atomic mass is 19.3. The van der Waals surface area contributed by atoms with E-state index in [1.165, 1.54) is 0 Å².